The molecule has 4 aliphatic rings. The molecule has 2 saturated carbocycles. The highest BCUT2D eigenvalue weighted by molar-refractivity contribution is 5.99. The first kappa shape index (κ1) is 18.8. The second-order valence-electron chi connectivity index (χ2n) is 9.73. The average molecular weight is 372 g/mol. The lowest BCUT2D eigenvalue weighted by molar-refractivity contribution is -0.148. The summed E-state index contributed by atoms with van der Waals surface area (Å²) in [4.78, 5) is 11.4. The Balaban J connectivity index is 1.59. The maximum absolute atomic E-state index is 11.4. The van der Waals surface area contributed by atoms with Crippen LogP contribution in [0, 0.1) is 28.6 Å². The second-order valence-corrected chi connectivity index (χ2v) is 9.73. The van der Waals surface area contributed by atoms with E-state index >= 15 is 0 Å². The van der Waals surface area contributed by atoms with Gasteiger partial charge in [0, 0.05) is 13.3 Å². The van der Waals surface area contributed by atoms with Gasteiger partial charge < -0.3 is 9.94 Å². The molecule has 4 aliphatic carbocycles. The van der Waals surface area contributed by atoms with Gasteiger partial charge in [0.1, 0.15) is 6.10 Å². The van der Waals surface area contributed by atoms with Crippen LogP contribution in [0.1, 0.15) is 72.6 Å². The fourth-order valence-electron chi connectivity index (χ4n) is 7.14. The number of esters is 1. The first-order valence-corrected chi connectivity index (χ1v) is 10.6. The van der Waals surface area contributed by atoms with E-state index in [9.17, 15) is 10.0 Å². The van der Waals surface area contributed by atoms with Crippen molar-refractivity contribution in [3.63, 3.8) is 0 Å². The Morgan fingerprint density at radius 3 is 2.56 bits per heavy atom. The third-order valence-electron chi connectivity index (χ3n) is 8.51. The van der Waals surface area contributed by atoms with Crippen LogP contribution in [0.25, 0.3) is 0 Å². The number of allylic oxidation sites excluding steroid dienone is 3. The Hall–Kier alpha value is -1.58. The van der Waals surface area contributed by atoms with Crippen LogP contribution in [-0.4, -0.2) is 23.0 Å². The molecule has 4 nitrogen and oxygen atoms in total. The number of carbonyl (C=O) groups excluding carboxylic acids is 1. The predicted octanol–water partition coefficient (Wildman–Crippen LogP) is 5.27. The summed E-state index contributed by atoms with van der Waals surface area (Å²) in [6, 6.07) is 0. The molecule has 0 aromatic carbocycles. The van der Waals surface area contributed by atoms with Gasteiger partial charge in [0.05, 0.1) is 5.71 Å². The molecule has 0 radical (unpaired) electrons. The van der Waals surface area contributed by atoms with Crippen molar-refractivity contribution >= 4 is 11.7 Å². The third kappa shape index (κ3) is 2.78. The first-order valence-electron chi connectivity index (χ1n) is 10.6. The Kier molecular flexibility index (Phi) is 4.51. The van der Waals surface area contributed by atoms with Crippen LogP contribution >= 0.6 is 0 Å². The molecule has 0 heterocycles. The van der Waals surface area contributed by atoms with Gasteiger partial charge in [-0.2, -0.15) is 0 Å². The highest BCUT2D eigenvalue weighted by Gasteiger charge is 2.57. The topological polar surface area (TPSA) is 58.9 Å². The zero-order valence-electron chi connectivity index (χ0n) is 17.1. The van der Waals surface area contributed by atoms with E-state index in [1.165, 1.54) is 30.9 Å². The van der Waals surface area contributed by atoms with E-state index in [2.05, 4.69) is 31.2 Å². The molecule has 0 bridgehead atoms. The van der Waals surface area contributed by atoms with E-state index in [0.29, 0.717) is 17.8 Å². The number of fused-ring (bicyclic) bond motifs is 5. The fourth-order valence-corrected chi connectivity index (χ4v) is 7.14. The zero-order valence-corrected chi connectivity index (χ0v) is 17.1. The predicted molar refractivity (Wildman–Crippen MR) is 106 cm³/mol. The molecule has 2 fully saturated rings. The fraction of sp³-hybridized carbons (Fsp3) is 0.739. The number of ether oxygens (including phenoxy) is 1. The van der Waals surface area contributed by atoms with E-state index in [4.69, 9.17) is 4.74 Å². The van der Waals surface area contributed by atoms with Crippen LogP contribution in [0.3, 0.4) is 0 Å². The minimum Gasteiger partial charge on any atom is -0.462 e. The molecule has 0 aliphatic heterocycles. The normalized spacial score (nSPS) is 43.8. The molecule has 148 valence electrons. The van der Waals surface area contributed by atoms with Gasteiger partial charge in [0.2, 0.25) is 0 Å². The summed E-state index contributed by atoms with van der Waals surface area (Å²) in [6.45, 7) is 8.30. The van der Waals surface area contributed by atoms with Gasteiger partial charge in [0.25, 0.3) is 0 Å². The largest absolute Gasteiger partial charge is 0.462 e. The van der Waals surface area contributed by atoms with Crippen molar-refractivity contribution in [2.45, 2.75) is 78.7 Å². The number of rotatable bonds is 2. The summed E-state index contributed by atoms with van der Waals surface area (Å²) in [6.07, 6.45) is 12.6. The molecule has 4 heteroatoms. The van der Waals surface area contributed by atoms with Gasteiger partial charge in [0.15, 0.2) is 0 Å². The Bertz CT molecular complexity index is 736. The van der Waals surface area contributed by atoms with Crippen LogP contribution in [0.15, 0.2) is 28.5 Å². The smallest absolute Gasteiger partial charge is 0.302 e. The summed E-state index contributed by atoms with van der Waals surface area (Å²) < 4.78 is 5.53. The maximum Gasteiger partial charge on any atom is 0.302 e. The molecular formula is C23H33NO3. The lowest BCUT2D eigenvalue weighted by Crippen LogP contribution is -2.50. The molecule has 1 N–H and O–H groups in total. The van der Waals surface area contributed by atoms with Crippen molar-refractivity contribution < 1.29 is 14.7 Å². The summed E-state index contributed by atoms with van der Waals surface area (Å²) in [5.41, 5.74) is 3.99. The number of carbonyl (C=O) groups is 1. The summed E-state index contributed by atoms with van der Waals surface area (Å²) in [5.74, 6) is 1.90. The van der Waals surface area contributed by atoms with Crippen molar-refractivity contribution in [1.29, 1.82) is 0 Å². The molecule has 6 atom stereocenters. The highest BCUT2D eigenvalue weighted by Crippen LogP contribution is 2.65. The van der Waals surface area contributed by atoms with Crippen molar-refractivity contribution in [2.75, 3.05) is 0 Å². The molecule has 0 unspecified atom stereocenters. The van der Waals surface area contributed by atoms with Crippen LogP contribution in [0.2, 0.25) is 0 Å². The molecule has 27 heavy (non-hydrogen) atoms. The van der Waals surface area contributed by atoms with E-state index in [1.54, 1.807) is 0 Å². The first-order chi connectivity index (χ1) is 12.8. The van der Waals surface area contributed by atoms with E-state index in [1.807, 2.05) is 6.92 Å². The van der Waals surface area contributed by atoms with Gasteiger partial charge in [-0.3, -0.25) is 4.79 Å². The molecule has 4 rings (SSSR count). The third-order valence-corrected chi connectivity index (χ3v) is 8.51. The summed E-state index contributed by atoms with van der Waals surface area (Å²) >= 11 is 0. The lowest BCUT2D eigenvalue weighted by atomic mass is 9.47. The van der Waals surface area contributed by atoms with Crippen LogP contribution in [-0.2, 0) is 9.53 Å². The molecule has 0 saturated heterocycles. The average Bonchev–Trinajstić information content (AvgIpc) is 2.98. The molecule has 0 spiro atoms. The standard InChI is InChI=1S/C23H33NO3/c1-14(24-26)19-7-8-20-18-6-5-16-13-17(27-15(2)25)9-11-22(16,3)21(18)10-12-23(19,20)4/h5,7,17-18,20-21,26H,6,8-13H2,1-4H3/b24-14+/t17-,18+,20+,21-,22-,23+/m0/s1. The van der Waals surface area contributed by atoms with Gasteiger partial charge in [-0.1, -0.05) is 36.7 Å². The number of oxime groups is 1. The Morgan fingerprint density at radius 2 is 1.85 bits per heavy atom. The minimum absolute atomic E-state index is 0.0652. The number of hydrogen-bond donors (Lipinski definition) is 1. The van der Waals surface area contributed by atoms with Gasteiger partial charge in [-0.25, -0.2) is 0 Å². The monoisotopic (exact) mass is 371 g/mol. The Labute approximate surface area is 162 Å². The molecule has 0 aromatic heterocycles. The number of nitrogens with zero attached hydrogens (tertiary/aromatic N) is 1. The SMILES string of the molecule is CC(=O)O[C@H]1CC[C@@]2(C)C(=CC[C@@H]3[C@H]4CC=C(/C(C)=N/O)[C@@]4(C)CC[C@@H]32)C1. The van der Waals surface area contributed by atoms with Gasteiger partial charge in [-0.05, 0) is 79.6 Å². The lowest BCUT2D eigenvalue weighted by Gasteiger charge is -2.57. The quantitative estimate of drug-likeness (QED) is 0.237. The molecular weight excluding hydrogens is 338 g/mol. The van der Waals surface area contributed by atoms with Crippen LogP contribution in [0.5, 0.6) is 0 Å². The van der Waals surface area contributed by atoms with Crippen LogP contribution in [0.4, 0.5) is 0 Å². The van der Waals surface area contributed by atoms with Crippen molar-refractivity contribution in [3.8, 4) is 0 Å². The van der Waals surface area contributed by atoms with E-state index in [0.717, 1.165) is 37.8 Å². The molecule has 0 aromatic rings. The summed E-state index contributed by atoms with van der Waals surface area (Å²) in [5, 5.41) is 12.8. The van der Waals surface area contributed by atoms with Gasteiger partial charge in [-0.15, -0.1) is 0 Å². The van der Waals surface area contributed by atoms with Crippen molar-refractivity contribution in [1.82, 2.24) is 0 Å². The van der Waals surface area contributed by atoms with Crippen molar-refractivity contribution in [2.24, 2.45) is 33.7 Å². The van der Waals surface area contributed by atoms with Crippen molar-refractivity contribution in [3.05, 3.63) is 23.3 Å². The van der Waals surface area contributed by atoms with Crippen LogP contribution < -0.4 is 0 Å². The van der Waals surface area contributed by atoms with E-state index in [-0.39, 0.29) is 22.9 Å². The Morgan fingerprint density at radius 1 is 1.11 bits per heavy atom. The summed E-state index contributed by atoms with van der Waals surface area (Å²) in [7, 11) is 0. The van der Waals surface area contributed by atoms with E-state index < -0.39 is 0 Å². The second kappa shape index (κ2) is 6.49. The zero-order chi connectivity index (χ0) is 19.4. The number of hydrogen-bond acceptors (Lipinski definition) is 4. The van der Waals surface area contributed by atoms with Gasteiger partial charge >= 0.3 is 5.97 Å². The molecule has 0 amide bonds. The minimum atomic E-state index is -0.156. The maximum atomic E-state index is 11.4. The highest BCUT2D eigenvalue weighted by atomic mass is 16.5.